The normalized spacial score (nSPS) is 13.1. The second-order valence-electron chi connectivity index (χ2n) is 16.5. The fourth-order valence-electron chi connectivity index (χ4n) is 6.86. The zero-order chi connectivity index (χ0) is 39.0. The summed E-state index contributed by atoms with van der Waals surface area (Å²) in [6, 6.07) is 0. The topological polar surface area (TPSA) is 78.9 Å². The standard InChI is InChI=1S/C47H90O6/c1-6-9-10-11-12-13-14-19-22-29-34-39-47(50)53-44(41-52-46(49)38-33-28-24-23-26-31-36-43(5)8-3)40-51-45(48)37-32-27-21-18-16-15-17-20-25-30-35-42(4)7-2/h42-44H,6-41H2,1-5H3/t42?,43?,44-/m0/s1. The van der Waals surface area contributed by atoms with Crippen LogP contribution in [0.4, 0.5) is 0 Å². The summed E-state index contributed by atoms with van der Waals surface area (Å²) in [6.07, 6.45) is 37.9. The van der Waals surface area contributed by atoms with E-state index in [2.05, 4.69) is 34.6 Å². The molecule has 6 nitrogen and oxygen atoms in total. The molecule has 0 saturated carbocycles. The first kappa shape index (κ1) is 51.4. The number of hydrogen-bond acceptors (Lipinski definition) is 6. The van der Waals surface area contributed by atoms with Crippen molar-refractivity contribution in [2.75, 3.05) is 13.2 Å². The van der Waals surface area contributed by atoms with E-state index in [1.165, 1.54) is 141 Å². The van der Waals surface area contributed by atoms with E-state index in [0.717, 1.165) is 69.6 Å². The Labute approximate surface area is 329 Å². The molecular formula is C47H90O6. The molecule has 0 fully saturated rings. The summed E-state index contributed by atoms with van der Waals surface area (Å²) in [7, 11) is 0. The van der Waals surface area contributed by atoms with Crippen LogP contribution in [0.1, 0.15) is 253 Å². The Morgan fingerprint density at radius 3 is 0.981 bits per heavy atom. The van der Waals surface area contributed by atoms with Gasteiger partial charge in [0.15, 0.2) is 6.10 Å². The van der Waals surface area contributed by atoms with Crippen LogP contribution in [0, 0.1) is 11.8 Å². The summed E-state index contributed by atoms with van der Waals surface area (Å²) >= 11 is 0. The molecule has 314 valence electrons. The zero-order valence-corrected chi connectivity index (χ0v) is 36.1. The van der Waals surface area contributed by atoms with Crippen molar-refractivity contribution < 1.29 is 28.6 Å². The Hall–Kier alpha value is -1.59. The minimum absolute atomic E-state index is 0.0654. The predicted octanol–water partition coefficient (Wildman–Crippen LogP) is 14.6. The second kappa shape index (κ2) is 40.1. The molecule has 0 saturated heterocycles. The Kier molecular flexibility index (Phi) is 38.9. The molecule has 0 rings (SSSR count). The lowest BCUT2D eigenvalue weighted by atomic mass is 9.99. The summed E-state index contributed by atoms with van der Waals surface area (Å²) < 4.78 is 16.7. The Morgan fingerprint density at radius 1 is 0.377 bits per heavy atom. The molecular weight excluding hydrogens is 661 g/mol. The fourth-order valence-corrected chi connectivity index (χ4v) is 6.86. The summed E-state index contributed by atoms with van der Waals surface area (Å²) in [4.78, 5) is 37.7. The van der Waals surface area contributed by atoms with Crippen molar-refractivity contribution in [3.63, 3.8) is 0 Å². The van der Waals surface area contributed by atoms with E-state index in [4.69, 9.17) is 14.2 Å². The maximum atomic E-state index is 12.7. The van der Waals surface area contributed by atoms with Crippen molar-refractivity contribution in [2.24, 2.45) is 11.8 Å². The van der Waals surface area contributed by atoms with Crippen LogP contribution in [-0.2, 0) is 28.6 Å². The zero-order valence-electron chi connectivity index (χ0n) is 36.1. The molecule has 0 bridgehead atoms. The molecule has 6 heteroatoms. The minimum Gasteiger partial charge on any atom is -0.462 e. The molecule has 2 unspecified atom stereocenters. The van der Waals surface area contributed by atoms with Crippen molar-refractivity contribution in [3.05, 3.63) is 0 Å². The SMILES string of the molecule is CCCCCCCCCCCCCC(=O)O[C@@H](COC(=O)CCCCCCCCCCCCC(C)CC)COC(=O)CCCCCCCCC(C)CC. The van der Waals surface area contributed by atoms with Gasteiger partial charge in [0.2, 0.25) is 0 Å². The van der Waals surface area contributed by atoms with Gasteiger partial charge in [0, 0.05) is 19.3 Å². The van der Waals surface area contributed by atoms with Crippen LogP contribution >= 0.6 is 0 Å². The molecule has 0 aromatic rings. The highest BCUT2D eigenvalue weighted by atomic mass is 16.6. The van der Waals surface area contributed by atoms with Gasteiger partial charge in [-0.2, -0.15) is 0 Å². The van der Waals surface area contributed by atoms with E-state index in [-0.39, 0.29) is 31.1 Å². The number of ether oxygens (including phenoxy) is 3. The maximum absolute atomic E-state index is 12.7. The summed E-state index contributed by atoms with van der Waals surface area (Å²) in [5.74, 6) is 0.825. The van der Waals surface area contributed by atoms with Gasteiger partial charge in [-0.1, -0.05) is 214 Å². The lowest BCUT2D eigenvalue weighted by Gasteiger charge is -2.18. The Morgan fingerprint density at radius 2 is 0.660 bits per heavy atom. The van der Waals surface area contributed by atoms with Gasteiger partial charge in [0.25, 0.3) is 0 Å². The highest BCUT2D eigenvalue weighted by molar-refractivity contribution is 5.71. The van der Waals surface area contributed by atoms with E-state index in [9.17, 15) is 14.4 Å². The molecule has 0 aliphatic carbocycles. The van der Waals surface area contributed by atoms with Crippen LogP contribution in [0.25, 0.3) is 0 Å². The molecule has 0 spiro atoms. The van der Waals surface area contributed by atoms with E-state index in [1.54, 1.807) is 0 Å². The van der Waals surface area contributed by atoms with Gasteiger partial charge in [-0.15, -0.1) is 0 Å². The molecule has 0 amide bonds. The van der Waals surface area contributed by atoms with Crippen molar-refractivity contribution in [1.29, 1.82) is 0 Å². The van der Waals surface area contributed by atoms with Gasteiger partial charge in [-0.3, -0.25) is 14.4 Å². The highest BCUT2D eigenvalue weighted by Gasteiger charge is 2.19. The van der Waals surface area contributed by atoms with E-state index >= 15 is 0 Å². The van der Waals surface area contributed by atoms with Crippen LogP contribution in [0.15, 0.2) is 0 Å². The summed E-state index contributed by atoms with van der Waals surface area (Å²) in [5, 5.41) is 0. The lowest BCUT2D eigenvalue weighted by molar-refractivity contribution is -0.167. The molecule has 3 atom stereocenters. The highest BCUT2D eigenvalue weighted by Crippen LogP contribution is 2.17. The second-order valence-corrected chi connectivity index (χ2v) is 16.5. The molecule has 0 radical (unpaired) electrons. The average Bonchev–Trinajstić information content (AvgIpc) is 3.15. The summed E-state index contributed by atoms with van der Waals surface area (Å²) in [6.45, 7) is 11.3. The van der Waals surface area contributed by atoms with E-state index < -0.39 is 6.10 Å². The number of unbranched alkanes of at least 4 members (excludes halogenated alkanes) is 24. The third-order valence-electron chi connectivity index (χ3n) is 11.2. The Bertz CT molecular complexity index is 813. The summed E-state index contributed by atoms with van der Waals surface area (Å²) in [5.41, 5.74) is 0. The van der Waals surface area contributed by atoms with Gasteiger partial charge < -0.3 is 14.2 Å². The van der Waals surface area contributed by atoms with Crippen LogP contribution < -0.4 is 0 Å². The number of rotatable bonds is 41. The Balaban J connectivity index is 4.34. The quantitative estimate of drug-likeness (QED) is 0.0352. The van der Waals surface area contributed by atoms with Gasteiger partial charge in [0.1, 0.15) is 13.2 Å². The van der Waals surface area contributed by atoms with Gasteiger partial charge >= 0.3 is 17.9 Å². The lowest BCUT2D eigenvalue weighted by Crippen LogP contribution is -2.30. The molecule has 0 aliphatic heterocycles. The third kappa shape index (κ3) is 38.5. The molecule has 0 heterocycles. The van der Waals surface area contributed by atoms with E-state index in [1.807, 2.05) is 0 Å². The average molecular weight is 751 g/mol. The number of hydrogen-bond donors (Lipinski definition) is 0. The molecule has 0 aromatic heterocycles. The fraction of sp³-hybridized carbons (Fsp3) is 0.936. The molecule has 53 heavy (non-hydrogen) atoms. The van der Waals surface area contributed by atoms with Gasteiger partial charge in [0.05, 0.1) is 0 Å². The number of carbonyl (C=O) groups excluding carboxylic acids is 3. The predicted molar refractivity (Wildman–Crippen MR) is 224 cm³/mol. The van der Waals surface area contributed by atoms with E-state index in [0.29, 0.717) is 19.3 Å². The largest absolute Gasteiger partial charge is 0.462 e. The number of carbonyl (C=O) groups is 3. The minimum atomic E-state index is -0.760. The van der Waals surface area contributed by atoms with Crippen LogP contribution in [-0.4, -0.2) is 37.2 Å². The third-order valence-corrected chi connectivity index (χ3v) is 11.2. The van der Waals surface area contributed by atoms with Crippen molar-refractivity contribution in [3.8, 4) is 0 Å². The monoisotopic (exact) mass is 751 g/mol. The van der Waals surface area contributed by atoms with Gasteiger partial charge in [-0.25, -0.2) is 0 Å². The molecule has 0 aromatic carbocycles. The van der Waals surface area contributed by atoms with Gasteiger partial charge in [-0.05, 0) is 31.1 Å². The maximum Gasteiger partial charge on any atom is 0.306 e. The smallest absolute Gasteiger partial charge is 0.306 e. The first-order chi connectivity index (χ1) is 25.8. The van der Waals surface area contributed by atoms with Crippen LogP contribution in [0.3, 0.4) is 0 Å². The van der Waals surface area contributed by atoms with Crippen molar-refractivity contribution >= 4 is 17.9 Å². The first-order valence-corrected chi connectivity index (χ1v) is 23.3. The molecule has 0 N–H and O–H groups in total. The van der Waals surface area contributed by atoms with Crippen molar-refractivity contribution in [2.45, 2.75) is 259 Å². The number of esters is 3. The van der Waals surface area contributed by atoms with Crippen LogP contribution in [0.5, 0.6) is 0 Å². The van der Waals surface area contributed by atoms with Crippen molar-refractivity contribution in [1.82, 2.24) is 0 Å². The molecule has 0 aliphatic rings. The first-order valence-electron chi connectivity index (χ1n) is 23.3. The van der Waals surface area contributed by atoms with Crippen LogP contribution in [0.2, 0.25) is 0 Å².